The van der Waals surface area contributed by atoms with Gasteiger partial charge < -0.3 is 19.1 Å². The largest absolute Gasteiger partial charge is 0.383 e. The van der Waals surface area contributed by atoms with Crippen molar-refractivity contribution in [1.29, 1.82) is 0 Å². The average Bonchev–Trinajstić information content (AvgIpc) is 2.23. The molecule has 0 spiro atoms. The van der Waals surface area contributed by atoms with Crippen LogP contribution in [0.1, 0.15) is 20.3 Å². The maximum absolute atomic E-state index is 5.46. The van der Waals surface area contributed by atoms with E-state index in [0.717, 1.165) is 26.1 Å². The highest BCUT2D eigenvalue weighted by molar-refractivity contribution is 4.54. The number of nitrogens with zero attached hydrogens (tertiary/aromatic N) is 1. The van der Waals surface area contributed by atoms with E-state index in [9.17, 15) is 0 Å². The molecule has 0 aromatic heterocycles. The van der Waals surface area contributed by atoms with Gasteiger partial charge in [0.05, 0.1) is 6.61 Å². The van der Waals surface area contributed by atoms with Gasteiger partial charge in [0.2, 0.25) is 0 Å². The van der Waals surface area contributed by atoms with Crippen molar-refractivity contribution in [2.45, 2.75) is 26.6 Å². The van der Waals surface area contributed by atoms with Gasteiger partial charge in [0.25, 0.3) is 0 Å². The molecule has 0 atom stereocenters. The van der Waals surface area contributed by atoms with Crippen LogP contribution in [0.15, 0.2) is 0 Å². The fraction of sp³-hybridized carbons (Fsp3) is 1.00. The van der Waals surface area contributed by atoms with E-state index in [4.69, 9.17) is 14.2 Å². The number of likely N-dealkylation sites (N-methyl/N-ethyl adjacent to an activating group) is 1. The van der Waals surface area contributed by atoms with Crippen molar-refractivity contribution in [3.05, 3.63) is 0 Å². The lowest BCUT2D eigenvalue weighted by Gasteiger charge is -2.21. The summed E-state index contributed by atoms with van der Waals surface area (Å²) in [4.78, 5) is 2.22. The Kier molecular flexibility index (Phi) is 10.3. The zero-order valence-corrected chi connectivity index (χ0v) is 10.5. The lowest BCUT2D eigenvalue weighted by Crippen LogP contribution is -2.28. The van der Waals surface area contributed by atoms with Crippen LogP contribution in [0.25, 0.3) is 0 Å². The van der Waals surface area contributed by atoms with Crippen molar-refractivity contribution in [1.82, 2.24) is 4.90 Å². The summed E-state index contributed by atoms with van der Waals surface area (Å²) in [5, 5.41) is 0. The molecule has 0 rings (SSSR count). The number of methoxy groups -OCH3 is 1. The van der Waals surface area contributed by atoms with E-state index in [1.165, 1.54) is 0 Å². The van der Waals surface area contributed by atoms with Crippen molar-refractivity contribution in [2.75, 3.05) is 47.1 Å². The molecule has 0 N–H and O–H groups in total. The van der Waals surface area contributed by atoms with Gasteiger partial charge >= 0.3 is 0 Å². The topological polar surface area (TPSA) is 30.9 Å². The molecule has 0 saturated carbocycles. The number of rotatable bonds is 10. The first kappa shape index (κ1) is 14.8. The summed E-state index contributed by atoms with van der Waals surface area (Å²) in [5.41, 5.74) is 0. The maximum atomic E-state index is 5.46. The molecular weight excluding hydrogens is 194 g/mol. The Balaban J connectivity index is 3.57. The summed E-state index contributed by atoms with van der Waals surface area (Å²) < 4.78 is 15.9. The van der Waals surface area contributed by atoms with E-state index < -0.39 is 0 Å². The molecule has 4 nitrogen and oxygen atoms in total. The van der Waals surface area contributed by atoms with E-state index in [2.05, 4.69) is 11.9 Å². The van der Waals surface area contributed by atoms with Gasteiger partial charge in [0, 0.05) is 39.8 Å². The first-order valence-electron chi connectivity index (χ1n) is 5.65. The van der Waals surface area contributed by atoms with E-state index >= 15 is 0 Å². The normalized spacial score (nSPS) is 11.6. The quantitative estimate of drug-likeness (QED) is 0.519. The Morgan fingerprint density at radius 2 is 1.67 bits per heavy atom. The Morgan fingerprint density at radius 3 is 2.13 bits per heavy atom. The highest BCUT2D eigenvalue weighted by Gasteiger charge is 2.08. The molecule has 0 unspecified atom stereocenters. The van der Waals surface area contributed by atoms with Gasteiger partial charge in [-0.2, -0.15) is 0 Å². The minimum absolute atomic E-state index is 0.0648. The van der Waals surface area contributed by atoms with Crippen molar-refractivity contribution in [3.8, 4) is 0 Å². The molecule has 15 heavy (non-hydrogen) atoms. The van der Waals surface area contributed by atoms with Crippen molar-refractivity contribution in [2.24, 2.45) is 0 Å². The van der Waals surface area contributed by atoms with Crippen LogP contribution < -0.4 is 0 Å². The van der Waals surface area contributed by atoms with Crippen LogP contribution >= 0.6 is 0 Å². The smallest absolute Gasteiger partial charge is 0.158 e. The minimum atomic E-state index is -0.0648. The van der Waals surface area contributed by atoms with Crippen molar-refractivity contribution >= 4 is 0 Å². The van der Waals surface area contributed by atoms with Gasteiger partial charge in [-0.3, -0.25) is 0 Å². The van der Waals surface area contributed by atoms with Crippen LogP contribution in [0.3, 0.4) is 0 Å². The molecule has 0 radical (unpaired) electrons. The monoisotopic (exact) mass is 219 g/mol. The zero-order chi connectivity index (χ0) is 11.5. The summed E-state index contributed by atoms with van der Waals surface area (Å²) in [6.45, 7) is 8.06. The highest BCUT2D eigenvalue weighted by atomic mass is 16.7. The second kappa shape index (κ2) is 10.4. The predicted octanol–water partition coefficient (Wildman–Crippen LogP) is 1.35. The average molecular weight is 219 g/mol. The number of hydrogen-bond acceptors (Lipinski definition) is 4. The molecule has 0 aliphatic carbocycles. The van der Waals surface area contributed by atoms with Crippen LogP contribution in [-0.2, 0) is 14.2 Å². The third-order valence-electron chi connectivity index (χ3n) is 2.13. The number of hydrogen-bond donors (Lipinski definition) is 0. The van der Waals surface area contributed by atoms with Crippen LogP contribution in [-0.4, -0.2) is 58.3 Å². The van der Waals surface area contributed by atoms with E-state index in [1.807, 2.05) is 13.8 Å². The zero-order valence-electron chi connectivity index (χ0n) is 10.5. The summed E-state index contributed by atoms with van der Waals surface area (Å²) in [6.07, 6.45) is 0.840. The standard InChI is InChI=1S/C11H25NO3/c1-5-14-11(15-6-2)7-8-12(3)9-10-13-4/h11H,5-10H2,1-4H3. The van der Waals surface area contributed by atoms with Crippen LogP contribution in [0.5, 0.6) is 0 Å². The summed E-state index contributed by atoms with van der Waals surface area (Å²) in [7, 11) is 3.80. The molecule has 0 heterocycles. The van der Waals surface area contributed by atoms with E-state index in [-0.39, 0.29) is 6.29 Å². The van der Waals surface area contributed by atoms with Crippen LogP contribution in [0.2, 0.25) is 0 Å². The second-order valence-corrected chi connectivity index (χ2v) is 3.42. The Bertz CT molecular complexity index is 127. The van der Waals surface area contributed by atoms with Gasteiger partial charge in [-0.25, -0.2) is 0 Å². The summed E-state index contributed by atoms with van der Waals surface area (Å²) in [6, 6.07) is 0. The van der Waals surface area contributed by atoms with E-state index in [1.54, 1.807) is 7.11 Å². The van der Waals surface area contributed by atoms with Gasteiger partial charge in [0.15, 0.2) is 6.29 Å². The molecule has 0 aliphatic heterocycles. The van der Waals surface area contributed by atoms with Gasteiger partial charge in [-0.05, 0) is 20.9 Å². The molecule has 92 valence electrons. The fourth-order valence-electron chi connectivity index (χ4n) is 1.27. The molecule has 0 aromatic carbocycles. The van der Waals surface area contributed by atoms with Crippen LogP contribution in [0, 0.1) is 0 Å². The molecule has 0 aromatic rings. The third kappa shape index (κ3) is 8.81. The Hall–Kier alpha value is -0.160. The SMILES string of the molecule is CCOC(CCN(C)CCOC)OCC. The van der Waals surface area contributed by atoms with Crippen molar-refractivity contribution < 1.29 is 14.2 Å². The van der Waals surface area contributed by atoms with Crippen LogP contribution in [0.4, 0.5) is 0 Å². The molecule has 0 saturated heterocycles. The Morgan fingerprint density at radius 1 is 1.07 bits per heavy atom. The first-order valence-corrected chi connectivity index (χ1v) is 5.65. The first-order chi connectivity index (χ1) is 7.24. The number of ether oxygens (including phenoxy) is 3. The molecule has 0 aliphatic rings. The summed E-state index contributed by atoms with van der Waals surface area (Å²) in [5.74, 6) is 0. The predicted molar refractivity (Wildman–Crippen MR) is 61.0 cm³/mol. The lowest BCUT2D eigenvalue weighted by molar-refractivity contribution is -0.141. The second-order valence-electron chi connectivity index (χ2n) is 3.42. The van der Waals surface area contributed by atoms with E-state index in [0.29, 0.717) is 13.2 Å². The van der Waals surface area contributed by atoms with Gasteiger partial charge in [0.1, 0.15) is 0 Å². The lowest BCUT2D eigenvalue weighted by atomic mass is 10.3. The molecule has 0 amide bonds. The van der Waals surface area contributed by atoms with Gasteiger partial charge in [-0.15, -0.1) is 0 Å². The third-order valence-corrected chi connectivity index (χ3v) is 2.13. The van der Waals surface area contributed by atoms with Gasteiger partial charge in [-0.1, -0.05) is 0 Å². The molecule has 0 fully saturated rings. The Labute approximate surface area is 93.5 Å². The van der Waals surface area contributed by atoms with Crippen molar-refractivity contribution in [3.63, 3.8) is 0 Å². The fourth-order valence-corrected chi connectivity index (χ4v) is 1.27. The molecular formula is C11H25NO3. The maximum Gasteiger partial charge on any atom is 0.158 e. The molecule has 0 bridgehead atoms. The molecule has 4 heteroatoms. The minimum Gasteiger partial charge on any atom is -0.383 e. The summed E-state index contributed by atoms with van der Waals surface area (Å²) >= 11 is 0. The highest BCUT2D eigenvalue weighted by Crippen LogP contribution is 2.02.